The Morgan fingerprint density at radius 1 is 1.17 bits per heavy atom. The van der Waals surface area contributed by atoms with E-state index in [1.54, 1.807) is 29.6 Å². The van der Waals surface area contributed by atoms with Crippen molar-refractivity contribution in [2.24, 2.45) is 0 Å². The molecule has 23 heavy (non-hydrogen) atoms. The van der Waals surface area contributed by atoms with Gasteiger partial charge < -0.3 is 14.2 Å². The number of methoxy groups -OCH3 is 3. The number of hydrogen-bond acceptors (Lipinski definition) is 6. The third-order valence-corrected chi connectivity index (χ3v) is 3.98. The van der Waals surface area contributed by atoms with E-state index in [1.807, 2.05) is 6.07 Å². The summed E-state index contributed by atoms with van der Waals surface area (Å²) in [5.41, 5.74) is 0.655. The lowest BCUT2D eigenvalue weighted by Crippen LogP contribution is -2.00. The van der Waals surface area contributed by atoms with E-state index < -0.39 is 0 Å². The summed E-state index contributed by atoms with van der Waals surface area (Å²) >= 11 is 1.30. The van der Waals surface area contributed by atoms with Gasteiger partial charge in [0.15, 0.2) is 11.5 Å². The lowest BCUT2D eigenvalue weighted by molar-refractivity contribution is 0.104. The number of carbonyl (C=O) groups is 1. The minimum absolute atomic E-state index is 0.0433. The first kappa shape index (κ1) is 16.6. The summed E-state index contributed by atoms with van der Waals surface area (Å²) < 4.78 is 15.8. The summed E-state index contributed by atoms with van der Waals surface area (Å²) in [5, 5.41) is 11.1. The maximum Gasteiger partial charge on any atom is 0.213 e. The molecule has 0 aliphatic heterocycles. The van der Waals surface area contributed by atoms with Crippen LogP contribution in [0.1, 0.15) is 15.2 Å². The lowest BCUT2D eigenvalue weighted by Gasteiger charge is -2.13. The van der Waals surface area contributed by atoms with E-state index in [4.69, 9.17) is 14.2 Å². The van der Waals surface area contributed by atoms with E-state index in [0.717, 1.165) is 0 Å². The van der Waals surface area contributed by atoms with Crippen molar-refractivity contribution in [1.29, 1.82) is 5.26 Å². The van der Waals surface area contributed by atoms with Gasteiger partial charge in [0.05, 0.1) is 26.2 Å². The van der Waals surface area contributed by atoms with Crippen LogP contribution >= 0.6 is 11.3 Å². The highest BCUT2D eigenvalue weighted by Crippen LogP contribution is 2.38. The van der Waals surface area contributed by atoms with Gasteiger partial charge in [-0.2, -0.15) is 5.26 Å². The fourth-order valence-electron chi connectivity index (χ4n) is 2.04. The molecule has 0 spiro atoms. The Morgan fingerprint density at radius 3 is 2.26 bits per heavy atom. The number of ether oxygens (including phenoxy) is 3. The van der Waals surface area contributed by atoms with Gasteiger partial charge in [0, 0.05) is 0 Å². The summed E-state index contributed by atoms with van der Waals surface area (Å²) in [6, 6.07) is 8.77. The van der Waals surface area contributed by atoms with Gasteiger partial charge in [-0.15, -0.1) is 11.3 Å². The van der Waals surface area contributed by atoms with E-state index in [-0.39, 0.29) is 11.4 Å². The molecule has 0 N–H and O–H groups in total. The van der Waals surface area contributed by atoms with Crippen molar-refractivity contribution in [3.63, 3.8) is 0 Å². The molecular weight excluding hydrogens is 314 g/mol. The normalized spacial score (nSPS) is 10.8. The largest absolute Gasteiger partial charge is 0.493 e. The zero-order chi connectivity index (χ0) is 16.8. The van der Waals surface area contributed by atoms with Gasteiger partial charge in [-0.3, -0.25) is 4.79 Å². The van der Waals surface area contributed by atoms with Crippen molar-refractivity contribution < 1.29 is 19.0 Å². The number of hydrogen-bond donors (Lipinski definition) is 0. The molecule has 118 valence electrons. The Labute approximate surface area is 138 Å². The molecule has 1 aromatic heterocycles. The number of thiophene rings is 1. The summed E-state index contributed by atoms with van der Waals surface area (Å²) in [6.07, 6.45) is 1.51. The molecule has 0 saturated heterocycles. The summed E-state index contributed by atoms with van der Waals surface area (Å²) in [5.74, 6) is 1.06. The smallest absolute Gasteiger partial charge is 0.213 e. The third-order valence-electron chi connectivity index (χ3n) is 3.11. The van der Waals surface area contributed by atoms with Crippen LogP contribution in [0.2, 0.25) is 0 Å². The molecule has 2 rings (SSSR count). The van der Waals surface area contributed by atoms with Crippen molar-refractivity contribution >= 4 is 23.2 Å². The van der Waals surface area contributed by atoms with Gasteiger partial charge in [0.1, 0.15) is 11.6 Å². The van der Waals surface area contributed by atoms with Crippen molar-refractivity contribution in [2.75, 3.05) is 21.3 Å². The number of benzene rings is 1. The van der Waals surface area contributed by atoms with Crippen LogP contribution in [0, 0.1) is 11.3 Å². The highest BCUT2D eigenvalue weighted by atomic mass is 32.1. The molecule has 2 aromatic rings. The van der Waals surface area contributed by atoms with Crippen LogP contribution in [0.5, 0.6) is 17.2 Å². The molecule has 0 amide bonds. The van der Waals surface area contributed by atoms with Gasteiger partial charge >= 0.3 is 0 Å². The fraction of sp³-hybridized carbons (Fsp3) is 0.176. The van der Waals surface area contributed by atoms with Crippen LogP contribution in [-0.4, -0.2) is 27.1 Å². The Balaban J connectivity index is 2.48. The highest BCUT2D eigenvalue weighted by Gasteiger charge is 2.16. The van der Waals surface area contributed by atoms with E-state index in [2.05, 4.69) is 0 Å². The molecule has 0 fully saturated rings. The van der Waals surface area contributed by atoms with Crippen molar-refractivity contribution in [2.45, 2.75) is 0 Å². The SMILES string of the molecule is COc1cc(/C=C(\C#N)C(=O)c2cccs2)cc(OC)c1OC. The molecule has 0 radical (unpaired) electrons. The van der Waals surface area contributed by atoms with Crippen LogP contribution in [0.3, 0.4) is 0 Å². The predicted octanol–water partition coefficient (Wildman–Crippen LogP) is 3.56. The molecular formula is C17H15NO4S. The summed E-state index contributed by atoms with van der Waals surface area (Å²) in [4.78, 5) is 12.8. The van der Waals surface area contributed by atoms with Crippen LogP contribution in [0.15, 0.2) is 35.2 Å². The second-order valence-corrected chi connectivity index (χ2v) is 5.38. The number of allylic oxidation sites excluding steroid dienone is 1. The topological polar surface area (TPSA) is 68.5 Å². The van der Waals surface area contributed by atoms with Crippen LogP contribution in [0.4, 0.5) is 0 Å². The fourth-order valence-corrected chi connectivity index (χ4v) is 2.72. The Kier molecular flexibility index (Phi) is 5.39. The standard InChI is InChI=1S/C17H15NO4S/c1-20-13-8-11(9-14(21-2)17(13)22-3)7-12(10-18)16(19)15-5-4-6-23-15/h4-9H,1-3H3/b12-7+. The minimum Gasteiger partial charge on any atom is -0.493 e. The number of Topliss-reactive ketones (excluding diaryl/α,β-unsaturated/α-hetero) is 1. The van der Waals surface area contributed by atoms with E-state index in [0.29, 0.717) is 27.7 Å². The van der Waals surface area contributed by atoms with E-state index in [9.17, 15) is 10.1 Å². The van der Waals surface area contributed by atoms with Crippen molar-refractivity contribution in [3.8, 4) is 23.3 Å². The summed E-state index contributed by atoms with van der Waals surface area (Å²) in [6.45, 7) is 0. The second kappa shape index (κ2) is 7.47. The minimum atomic E-state index is -0.309. The second-order valence-electron chi connectivity index (χ2n) is 4.43. The predicted molar refractivity (Wildman–Crippen MR) is 88.3 cm³/mol. The number of nitriles is 1. The molecule has 1 aromatic carbocycles. The van der Waals surface area contributed by atoms with Gasteiger partial charge in [-0.05, 0) is 35.2 Å². The van der Waals surface area contributed by atoms with Gasteiger partial charge in [0.2, 0.25) is 11.5 Å². The summed E-state index contributed by atoms with van der Waals surface area (Å²) in [7, 11) is 4.52. The Hall–Kier alpha value is -2.78. The first-order valence-corrected chi connectivity index (χ1v) is 7.52. The van der Waals surface area contributed by atoms with Gasteiger partial charge in [-0.25, -0.2) is 0 Å². The average Bonchev–Trinajstić information content (AvgIpc) is 3.12. The monoisotopic (exact) mass is 329 g/mol. The average molecular weight is 329 g/mol. The van der Waals surface area contributed by atoms with Crippen LogP contribution in [0.25, 0.3) is 6.08 Å². The molecule has 0 bridgehead atoms. The van der Waals surface area contributed by atoms with Crippen molar-refractivity contribution in [3.05, 3.63) is 45.7 Å². The quantitative estimate of drug-likeness (QED) is 0.460. The molecule has 0 aliphatic rings. The molecule has 0 aliphatic carbocycles. The lowest BCUT2D eigenvalue weighted by atomic mass is 10.1. The van der Waals surface area contributed by atoms with E-state index >= 15 is 0 Å². The zero-order valence-corrected chi connectivity index (χ0v) is 13.8. The third kappa shape index (κ3) is 3.52. The number of ketones is 1. The molecule has 0 unspecified atom stereocenters. The number of rotatable bonds is 6. The molecule has 6 heteroatoms. The first-order valence-electron chi connectivity index (χ1n) is 6.64. The maximum absolute atomic E-state index is 12.3. The molecule has 1 heterocycles. The van der Waals surface area contributed by atoms with Gasteiger partial charge in [0.25, 0.3) is 0 Å². The zero-order valence-electron chi connectivity index (χ0n) is 13.0. The Bertz CT molecular complexity index is 747. The maximum atomic E-state index is 12.3. The van der Waals surface area contributed by atoms with Gasteiger partial charge in [-0.1, -0.05) is 6.07 Å². The number of carbonyl (C=O) groups excluding carboxylic acids is 1. The van der Waals surface area contributed by atoms with Crippen LogP contribution in [-0.2, 0) is 0 Å². The molecule has 5 nitrogen and oxygen atoms in total. The molecule has 0 saturated carbocycles. The van der Waals surface area contributed by atoms with E-state index in [1.165, 1.54) is 38.7 Å². The van der Waals surface area contributed by atoms with Crippen molar-refractivity contribution in [1.82, 2.24) is 0 Å². The Morgan fingerprint density at radius 2 is 1.83 bits per heavy atom. The molecule has 0 atom stereocenters. The van der Waals surface area contributed by atoms with Crippen LogP contribution < -0.4 is 14.2 Å². The first-order chi connectivity index (χ1) is 11.1. The number of nitrogens with zero attached hydrogens (tertiary/aromatic N) is 1. The highest BCUT2D eigenvalue weighted by molar-refractivity contribution is 7.12.